The molecule has 6 heteroatoms. The number of thiazole rings is 1. The van der Waals surface area contributed by atoms with Crippen molar-refractivity contribution in [3.63, 3.8) is 0 Å². The van der Waals surface area contributed by atoms with Gasteiger partial charge in [0.15, 0.2) is 0 Å². The zero-order valence-corrected chi connectivity index (χ0v) is 19.8. The SMILES string of the molecule is CC(C)N(CCOc1cccc(-c2nc(-c3cc4ccccc4[nH]c3=O)cs2)c1)C(C)C. The van der Waals surface area contributed by atoms with Gasteiger partial charge in [-0.2, -0.15) is 0 Å². The quantitative estimate of drug-likeness (QED) is 0.370. The number of pyridine rings is 1. The van der Waals surface area contributed by atoms with Crippen molar-refractivity contribution in [2.75, 3.05) is 13.2 Å². The number of rotatable bonds is 8. The second-order valence-corrected chi connectivity index (χ2v) is 9.30. The Labute approximate surface area is 192 Å². The lowest BCUT2D eigenvalue weighted by molar-refractivity contribution is 0.142. The van der Waals surface area contributed by atoms with Gasteiger partial charge in [0.25, 0.3) is 5.56 Å². The molecule has 1 N–H and O–H groups in total. The zero-order valence-electron chi connectivity index (χ0n) is 19.0. The lowest BCUT2D eigenvalue weighted by Gasteiger charge is -2.30. The van der Waals surface area contributed by atoms with Crippen molar-refractivity contribution in [1.29, 1.82) is 0 Å². The van der Waals surface area contributed by atoms with Crippen LogP contribution >= 0.6 is 11.3 Å². The van der Waals surface area contributed by atoms with E-state index >= 15 is 0 Å². The zero-order chi connectivity index (χ0) is 22.7. The number of nitrogens with one attached hydrogen (secondary N) is 1. The topological polar surface area (TPSA) is 58.2 Å². The lowest BCUT2D eigenvalue weighted by Crippen LogP contribution is -2.39. The molecule has 0 spiro atoms. The minimum absolute atomic E-state index is 0.127. The van der Waals surface area contributed by atoms with E-state index in [4.69, 9.17) is 9.72 Å². The van der Waals surface area contributed by atoms with E-state index < -0.39 is 0 Å². The van der Waals surface area contributed by atoms with Gasteiger partial charge in [-0.1, -0.05) is 30.3 Å². The first kappa shape index (κ1) is 22.2. The van der Waals surface area contributed by atoms with Crippen LogP contribution in [0.25, 0.3) is 32.7 Å². The molecule has 0 saturated heterocycles. The Bertz CT molecular complexity index is 1250. The number of aromatic amines is 1. The molecule has 2 aromatic carbocycles. The second-order valence-electron chi connectivity index (χ2n) is 8.44. The van der Waals surface area contributed by atoms with Gasteiger partial charge in [-0.25, -0.2) is 4.98 Å². The molecule has 0 aliphatic carbocycles. The van der Waals surface area contributed by atoms with Gasteiger partial charge in [0.2, 0.25) is 0 Å². The van der Waals surface area contributed by atoms with Crippen LogP contribution in [0.3, 0.4) is 0 Å². The molecule has 0 atom stereocenters. The van der Waals surface area contributed by atoms with Crippen LogP contribution in [0.1, 0.15) is 27.7 Å². The van der Waals surface area contributed by atoms with Gasteiger partial charge in [-0.05, 0) is 57.3 Å². The van der Waals surface area contributed by atoms with Crippen molar-refractivity contribution in [1.82, 2.24) is 14.9 Å². The number of H-pyrrole nitrogens is 1. The first-order valence-electron chi connectivity index (χ1n) is 11.0. The molecule has 0 aliphatic heterocycles. The van der Waals surface area contributed by atoms with Crippen LogP contribution in [-0.2, 0) is 0 Å². The summed E-state index contributed by atoms with van der Waals surface area (Å²) in [5, 5.41) is 3.79. The molecular weight excluding hydrogens is 418 g/mol. The number of hydrogen-bond acceptors (Lipinski definition) is 5. The highest BCUT2D eigenvalue weighted by Gasteiger charge is 2.14. The summed E-state index contributed by atoms with van der Waals surface area (Å²) in [4.78, 5) is 22.7. The molecule has 0 aliphatic rings. The molecule has 0 amide bonds. The highest BCUT2D eigenvalue weighted by atomic mass is 32.1. The normalized spacial score (nSPS) is 11.7. The molecular formula is C26H29N3O2S. The Balaban J connectivity index is 1.51. The number of hydrogen-bond donors (Lipinski definition) is 1. The predicted molar refractivity (Wildman–Crippen MR) is 134 cm³/mol. The van der Waals surface area contributed by atoms with E-state index in [1.165, 1.54) is 11.3 Å². The minimum Gasteiger partial charge on any atom is -0.492 e. The summed E-state index contributed by atoms with van der Waals surface area (Å²) >= 11 is 1.53. The van der Waals surface area contributed by atoms with Crippen molar-refractivity contribution >= 4 is 22.2 Å². The third kappa shape index (κ3) is 4.92. The van der Waals surface area contributed by atoms with E-state index in [2.05, 4.69) is 37.6 Å². The predicted octanol–water partition coefficient (Wildman–Crippen LogP) is 5.82. The molecule has 0 radical (unpaired) electrons. The Morgan fingerprint density at radius 1 is 1.03 bits per heavy atom. The monoisotopic (exact) mass is 447 g/mol. The fourth-order valence-electron chi connectivity index (χ4n) is 3.97. The van der Waals surface area contributed by atoms with E-state index in [1.54, 1.807) is 0 Å². The van der Waals surface area contributed by atoms with Crippen molar-refractivity contribution in [3.05, 3.63) is 70.3 Å². The summed E-state index contributed by atoms with van der Waals surface area (Å²) in [6, 6.07) is 18.6. The molecule has 0 saturated carbocycles. The van der Waals surface area contributed by atoms with Crippen molar-refractivity contribution < 1.29 is 4.74 Å². The fourth-order valence-corrected chi connectivity index (χ4v) is 4.79. The van der Waals surface area contributed by atoms with Gasteiger partial charge < -0.3 is 9.72 Å². The Kier molecular flexibility index (Phi) is 6.72. The Morgan fingerprint density at radius 3 is 2.59 bits per heavy atom. The van der Waals surface area contributed by atoms with E-state index in [-0.39, 0.29) is 5.56 Å². The Hall–Kier alpha value is -2.96. The largest absolute Gasteiger partial charge is 0.492 e. The molecule has 166 valence electrons. The standard InChI is InChI=1S/C26H29N3O2S/c1-17(2)29(18(3)4)12-13-31-21-10-7-9-20(14-21)26-28-24(16-32-26)22-15-19-8-5-6-11-23(19)27-25(22)30/h5-11,14-18H,12-13H2,1-4H3,(H,27,30). The van der Waals surface area contributed by atoms with E-state index in [0.29, 0.717) is 29.9 Å². The van der Waals surface area contributed by atoms with Crippen molar-refractivity contribution in [2.45, 2.75) is 39.8 Å². The van der Waals surface area contributed by atoms with Gasteiger partial charge in [-0.3, -0.25) is 9.69 Å². The van der Waals surface area contributed by atoms with Gasteiger partial charge in [0.05, 0.1) is 11.3 Å². The van der Waals surface area contributed by atoms with Crippen LogP contribution < -0.4 is 10.3 Å². The number of para-hydroxylation sites is 1. The molecule has 32 heavy (non-hydrogen) atoms. The summed E-state index contributed by atoms with van der Waals surface area (Å²) in [5.41, 5.74) is 2.96. The molecule has 0 fully saturated rings. The molecule has 5 nitrogen and oxygen atoms in total. The number of ether oxygens (including phenoxy) is 1. The molecule has 4 aromatic rings. The maximum Gasteiger partial charge on any atom is 0.257 e. The fraction of sp³-hybridized carbons (Fsp3) is 0.308. The maximum atomic E-state index is 12.6. The Morgan fingerprint density at radius 2 is 1.81 bits per heavy atom. The van der Waals surface area contributed by atoms with Gasteiger partial charge >= 0.3 is 0 Å². The molecule has 4 rings (SSSR count). The number of aromatic nitrogens is 2. The van der Waals surface area contributed by atoms with E-state index in [1.807, 2.05) is 60.0 Å². The average molecular weight is 448 g/mol. The van der Waals surface area contributed by atoms with Crippen molar-refractivity contribution in [2.24, 2.45) is 0 Å². The van der Waals surface area contributed by atoms with Gasteiger partial charge in [0.1, 0.15) is 17.4 Å². The second kappa shape index (κ2) is 9.67. The first-order chi connectivity index (χ1) is 15.4. The summed E-state index contributed by atoms with van der Waals surface area (Å²) in [6.07, 6.45) is 0. The average Bonchev–Trinajstić information content (AvgIpc) is 3.26. The molecule has 2 aromatic heterocycles. The smallest absolute Gasteiger partial charge is 0.257 e. The summed E-state index contributed by atoms with van der Waals surface area (Å²) < 4.78 is 6.04. The van der Waals surface area contributed by atoms with E-state index in [9.17, 15) is 4.79 Å². The van der Waals surface area contributed by atoms with Crippen LogP contribution in [0, 0.1) is 0 Å². The highest BCUT2D eigenvalue weighted by Crippen LogP contribution is 2.30. The van der Waals surface area contributed by atoms with Crippen LogP contribution in [0.5, 0.6) is 5.75 Å². The van der Waals surface area contributed by atoms with Crippen LogP contribution in [0.15, 0.2) is 64.8 Å². The number of benzene rings is 2. The summed E-state index contributed by atoms with van der Waals surface area (Å²) in [5.74, 6) is 0.829. The van der Waals surface area contributed by atoms with E-state index in [0.717, 1.165) is 33.8 Å². The number of fused-ring (bicyclic) bond motifs is 1. The summed E-state index contributed by atoms with van der Waals surface area (Å²) in [6.45, 7) is 10.4. The molecule has 0 unspecified atom stereocenters. The highest BCUT2D eigenvalue weighted by molar-refractivity contribution is 7.13. The minimum atomic E-state index is -0.127. The third-order valence-electron chi connectivity index (χ3n) is 5.56. The first-order valence-corrected chi connectivity index (χ1v) is 11.9. The number of nitrogens with zero attached hydrogens (tertiary/aromatic N) is 2. The van der Waals surface area contributed by atoms with Crippen LogP contribution in [-0.4, -0.2) is 40.1 Å². The third-order valence-corrected chi connectivity index (χ3v) is 6.45. The van der Waals surface area contributed by atoms with Crippen LogP contribution in [0.4, 0.5) is 0 Å². The van der Waals surface area contributed by atoms with Crippen molar-refractivity contribution in [3.8, 4) is 27.6 Å². The molecule has 0 bridgehead atoms. The van der Waals surface area contributed by atoms with Crippen LogP contribution in [0.2, 0.25) is 0 Å². The summed E-state index contributed by atoms with van der Waals surface area (Å²) in [7, 11) is 0. The van der Waals surface area contributed by atoms with Gasteiger partial charge in [0, 0.05) is 35.1 Å². The lowest BCUT2D eigenvalue weighted by atomic mass is 10.1. The molecule has 2 heterocycles. The van der Waals surface area contributed by atoms with Gasteiger partial charge in [-0.15, -0.1) is 11.3 Å². The maximum absolute atomic E-state index is 12.6.